The average Bonchev–Trinajstić information content (AvgIpc) is 2.72. The average molecular weight is 464 g/mol. The number of ether oxygens (including phenoxy) is 1. The number of morpholine rings is 1. The van der Waals surface area contributed by atoms with Gasteiger partial charge in [0.25, 0.3) is 5.91 Å². The summed E-state index contributed by atoms with van der Waals surface area (Å²) in [6.45, 7) is 8.65. The van der Waals surface area contributed by atoms with Crippen LogP contribution in [0.4, 0.5) is 15.8 Å². The number of nitrogens with one attached hydrogen (secondary N) is 1. The quantitative estimate of drug-likeness (QED) is 0.706. The van der Waals surface area contributed by atoms with Crippen LogP contribution in [0.2, 0.25) is 0 Å². The summed E-state index contributed by atoms with van der Waals surface area (Å²) in [6, 6.07) is 10.1. The Morgan fingerprint density at radius 3 is 2.25 bits per heavy atom. The van der Waals surface area contributed by atoms with E-state index in [2.05, 4.69) is 5.32 Å². The fourth-order valence-electron chi connectivity index (χ4n) is 3.64. The molecule has 7 nitrogen and oxygen atoms in total. The van der Waals surface area contributed by atoms with E-state index < -0.39 is 21.7 Å². The highest BCUT2D eigenvalue weighted by molar-refractivity contribution is 7.89. The molecule has 0 saturated carbocycles. The molecule has 174 valence electrons. The fraction of sp³-hybridized carbons (Fsp3) is 0.435. The third kappa shape index (κ3) is 5.28. The predicted octanol–water partition coefficient (Wildman–Crippen LogP) is 3.72. The van der Waals surface area contributed by atoms with Crippen molar-refractivity contribution in [3.63, 3.8) is 0 Å². The number of amides is 1. The van der Waals surface area contributed by atoms with Crippen molar-refractivity contribution < 1.29 is 22.3 Å². The first-order valence-electron chi connectivity index (χ1n) is 10.6. The van der Waals surface area contributed by atoms with Crippen molar-refractivity contribution in [1.29, 1.82) is 0 Å². The Labute approximate surface area is 189 Å². The minimum Gasteiger partial charge on any atom is -0.372 e. The molecule has 1 aliphatic heterocycles. The van der Waals surface area contributed by atoms with Crippen LogP contribution in [0.3, 0.4) is 0 Å². The summed E-state index contributed by atoms with van der Waals surface area (Å²) < 4.78 is 46.8. The SMILES string of the molecule is CC1CN(c2ccc(NC(=O)c3ccc(S(=O)(=O)N(C)C(C)C)cc3)cc2F)CC(C)O1. The maximum atomic E-state index is 14.8. The van der Waals surface area contributed by atoms with Crippen molar-refractivity contribution in [2.45, 2.75) is 50.8 Å². The molecule has 3 rings (SSSR count). The van der Waals surface area contributed by atoms with Gasteiger partial charge in [0, 0.05) is 37.4 Å². The van der Waals surface area contributed by atoms with E-state index in [0.29, 0.717) is 24.5 Å². The van der Waals surface area contributed by atoms with E-state index in [1.54, 1.807) is 26.0 Å². The Morgan fingerprint density at radius 1 is 1.12 bits per heavy atom. The highest BCUT2D eigenvalue weighted by Crippen LogP contribution is 2.26. The lowest BCUT2D eigenvalue weighted by molar-refractivity contribution is -0.00539. The van der Waals surface area contributed by atoms with E-state index >= 15 is 0 Å². The molecule has 1 aliphatic rings. The van der Waals surface area contributed by atoms with Crippen LogP contribution >= 0.6 is 0 Å². The zero-order valence-corrected chi connectivity index (χ0v) is 19.8. The summed E-state index contributed by atoms with van der Waals surface area (Å²) in [4.78, 5) is 14.6. The molecule has 1 heterocycles. The van der Waals surface area contributed by atoms with Crippen molar-refractivity contribution in [2.24, 2.45) is 0 Å². The topological polar surface area (TPSA) is 79.0 Å². The van der Waals surface area contributed by atoms with Crippen molar-refractivity contribution >= 4 is 27.3 Å². The van der Waals surface area contributed by atoms with Crippen LogP contribution in [-0.2, 0) is 14.8 Å². The zero-order valence-electron chi connectivity index (χ0n) is 19.0. The number of hydrogen-bond donors (Lipinski definition) is 1. The highest BCUT2D eigenvalue weighted by Gasteiger charge is 2.25. The molecule has 0 spiro atoms. The van der Waals surface area contributed by atoms with Crippen LogP contribution < -0.4 is 10.2 Å². The van der Waals surface area contributed by atoms with Gasteiger partial charge in [0.1, 0.15) is 5.82 Å². The molecule has 1 N–H and O–H groups in total. The minimum atomic E-state index is -3.63. The van der Waals surface area contributed by atoms with Crippen LogP contribution in [0, 0.1) is 5.82 Å². The van der Waals surface area contributed by atoms with E-state index in [1.165, 1.54) is 41.7 Å². The van der Waals surface area contributed by atoms with Crippen molar-refractivity contribution in [3.8, 4) is 0 Å². The highest BCUT2D eigenvalue weighted by atomic mass is 32.2. The van der Waals surface area contributed by atoms with Crippen molar-refractivity contribution in [2.75, 3.05) is 30.4 Å². The van der Waals surface area contributed by atoms with Gasteiger partial charge in [0.15, 0.2) is 0 Å². The number of nitrogens with zero attached hydrogens (tertiary/aromatic N) is 2. The number of anilines is 2. The molecule has 1 amide bonds. The van der Waals surface area contributed by atoms with Crippen LogP contribution in [-0.4, -0.2) is 57.0 Å². The van der Waals surface area contributed by atoms with Crippen molar-refractivity contribution in [3.05, 3.63) is 53.8 Å². The number of halogens is 1. The number of carbonyl (C=O) groups excluding carboxylic acids is 1. The van der Waals surface area contributed by atoms with Gasteiger partial charge in [-0.05, 0) is 70.2 Å². The minimum absolute atomic E-state index is 0.00430. The Bertz CT molecular complexity index is 1060. The molecule has 2 aromatic carbocycles. The molecule has 2 unspecified atom stereocenters. The second-order valence-electron chi connectivity index (χ2n) is 8.42. The van der Waals surface area contributed by atoms with Gasteiger partial charge in [0.2, 0.25) is 10.0 Å². The Hall–Kier alpha value is -2.49. The summed E-state index contributed by atoms with van der Waals surface area (Å²) in [6.07, 6.45) is 0.00859. The van der Waals surface area contributed by atoms with E-state index in [0.717, 1.165) is 0 Å². The number of rotatable bonds is 6. The molecular formula is C23H30FN3O4S. The summed E-state index contributed by atoms with van der Waals surface area (Å²) in [5.74, 6) is -0.880. The van der Waals surface area contributed by atoms with E-state index in [-0.39, 0.29) is 28.7 Å². The van der Waals surface area contributed by atoms with Gasteiger partial charge < -0.3 is 15.0 Å². The first-order valence-corrected chi connectivity index (χ1v) is 12.0. The summed E-state index contributed by atoms with van der Waals surface area (Å²) >= 11 is 0. The van der Waals surface area contributed by atoms with Gasteiger partial charge in [-0.3, -0.25) is 4.79 Å². The Balaban J connectivity index is 1.71. The van der Waals surface area contributed by atoms with Gasteiger partial charge in [-0.15, -0.1) is 0 Å². The fourth-order valence-corrected chi connectivity index (χ4v) is 5.01. The predicted molar refractivity (Wildman–Crippen MR) is 123 cm³/mol. The summed E-state index contributed by atoms with van der Waals surface area (Å²) in [5.41, 5.74) is 1.06. The molecule has 0 bridgehead atoms. The van der Waals surface area contributed by atoms with Gasteiger partial charge in [-0.2, -0.15) is 4.31 Å². The Kier molecular flexibility index (Phi) is 7.22. The normalized spacial score (nSPS) is 19.4. The third-order valence-electron chi connectivity index (χ3n) is 5.49. The van der Waals surface area contributed by atoms with E-state index in [4.69, 9.17) is 4.74 Å². The largest absolute Gasteiger partial charge is 0.372 e. The number of sulfonamides is 1. The van der Waals surface area contributed by atoms with Crippen molar-refractivity contribution in [1.82, 2.24) is 4.31 Å². The molecule has 0 radical (unpaired) electrons. The molecular weight excluding hydrogens is 433 g/mol. The summed E-state index contributed by atoms with van der Waals surface area (Å²) in [5, 5.41) is 2.66. The molecule has 32 heavy (non-hydrogen) atoms. The smallest absolute Gasteiger partial charge is 0.255 e. The maximum absolute atomic E-state index is 14.8. The first-order chi connectivity index (χ1) is 15.0. The molecule has 2 aromatic rings. The van der Waals surface area contributed by atoms with Crippen LogP contribution in [0.15, 0.2) is 47.4 Å². The molecule has 2 atom stereocenters. The maximum Gasteiger partial charge on any atom is 0.255 e. The van der Waals surface area contributed by atoms with Gasteiger partial charge >= 0.3 is 0 Å². The van der Waals surface area contributed by atoms with Crippen LogP contribution in [0.25, 0.3) is 0 Å². The zero-order chi connectivity index (χ0) is 23.6. The van der Waals surface area contributed by atoms with Gasteiger partial charge in [-0.1, -0.05) is 0 Å². The van der Waals surface area contributed by atoms with E-state index in [1.807, 2.05) is 18.7 Å². The number of benzene rings is 2. The second kappa shape index (κ2) is 9.56. The number of carbonyl (C=O) groups is 1. The molecule has 0 aromatic heterocycles. The monoisotopic (exact) mass is 463 g/mol. The van der Waals surface area contributed by atoms with Gasteiger partial charge in [-0.25, -0.2) is 12.8 Å². The third-order valence-corrected chi connectivity index (χ3v) is 7.53. The number of hydrogen-bond acceptors (Lipinski definition) is 5. The lowest BCUT2D eigenvalue weighted by Gasteiger charge is -2.37. The molecule has 1 fully saturated rings. The lowest BCUT2D eigenvalue weighted by Crippen LogP contribution is -2.45. The summed E-state index contributed by atoms with van der Waals surface area (Å²) in [7, 11) is -2.12. The molecule has 0 aliphatic carbocycles. The van der Waals surface area contributed by atoms with Crippen LogP contribution in [0.5, 0.6) is 0 Å². The molecule has 9 heteroatoms. The van der Waals surface area contributed by atoms with Crippen LogP contribution in [0.1, 0.15) is 38.1 Å². The second-order valence-corrected chi connectivity index (χ2v) is 10.4. The lowest BCUT2D eigenvalue weighted by atomic mass is 10.1. The molecule has 1 saturated heterocycles. The van der Waals surface area contributed by atoms with E-state index in [9.17, 15) is 17.6 Å². The first kappa shape index (κ1) is 24.2. The Morgan fingerprint density at radius 2 is 1.72 bits per heavy atom. The van der Waals surface area contributed by atoms with Gasteiger partial charge in [0.05, 0.1) is 22.8 Å². The standard InChI is InChI=1S/C23H30FN3O4S/c1-15(2)26(5)32(29,30)20-9-6-18(7-10-20)23(28)25-19-8-11-22(21(24)12-19)27-13-16(3)31-17(4)14-27/h6-12,15-17H,13-14H2,1-5H3,(H,25,28).